The van der Waals surface area contributed by atoms with Gasteiger partial charge in [-0.15, -0.1) is 0 Å². The quantitative estimate of drug-likeness (QED) is 0.0786. The van der Waals surface area contributed by atoms with E-state index >= 15 is 0 Å². The first-order valence-corrected chi connectivity index (χ1v) is 16.2. The highest BCUT2D eigenvalue weighted by molar-refractivity contribution is 5.93. The normalized spacial score (nSPS) is 10.0. The molecule has 0 atom stereocenters. The van der Waals surface area contributed by atoms with Crippen LogP contribution in [0.15, 0.2) is 160 Å². The second-order valence-corrected chi connectivity index (χ2v) is 11.4. The number of aromatic nitrogens is 1. The van der Waals surface area contributed by atoms with E-state index in [1.807, 2.05) is 111 Å². The second kappa shape index (κ2) is 18.0. The second-order valence-electron chi connectivity index (χ2n) is 11.4. The number of ether oxygens (including phenoxy) is 2. The minimum Gasteiger partial charge on any atom is -0.478 e. The summed E-state index contributed by atoms with van der Waals surface area (Å²) in [4.78, 5) is 40.5. The number of para-hydroxylation sites is 2. The number of carboxylic acid groups (broad SMARTS) is 1. The van der Waals surface area contributed by atoms with Crippen LogP contribution in [0.25, 0.3) is 10.9 Å². The third-order valence-corrected chi connectivity index (χ3v) is 7.30. The Morgan fingerprint density at radius 1 is 0.736 bits per heavy atom. The Bertz CT molecular complexity index is 2390. The van der Waals surface area contributed by atoms with Gasteiger partial charge in [0.25, 0.3) is 0 Å². The van der Waals surface area contributed by atoms with Gasteiger partial charge in [0.2, 0.25) is 6.08 Å². The molecule has 7 rings (SSSR count). The molecule has 0 radical (unpaired) electrons. The molecule has 11 nitrogen and oxygen atoms in total. The smallest absolute Gasteiger partial charge is 0.348 e. The Morgan fingerprint density at radius 3 is 1.81 bits per heavy atom. The van der Waals surface area contributed by atoms with Gasteiger partial charge in [0, 0.05) is 11.4 Å². The summed E-state index contributed by atoms with van der Waals surface area (Å²) in [6.07, 6.45) is 1.49. The summed E-state index contributed by atoms with van der Waals surface area (Å²) in [5.74, 6) is 1.98. The van der Waals surface area contributed by atoms with E-state index < -0.39 is 11.6 Å². The van der Waals surface area contributed by atoms with E-state index in [1.165, 1.54) is 6.08 Å². The van der Waals surface area contributed by atoms with Crippen molar-refractivity contribution in [1.29, 1.82) is 0 Å². The van der Waals surface area contributed by atoms with E-state index in [4.69, 9.17) is 24.7 Å². The lowest BCUT2D eigenvalue weighted by Gasteiger charge is -2.08. The molecule has 11 heteroatoms. The molecule has 0 spiro atoms. The number of fused-ring (bicyclic) bond motifs is 1. The molecule has 0 aliphatic carbocycles. The summed E-state index contributed by atoms with van der Waals surface area (Å²) in [5.41, 5.74) is 9.27. The van der Waals surface area contributed by atoms with Crippen molar-refractivity contribution in [2.75, 3.05) is 11.1 Å². The first-order valence-electron chi connectivity index (χ1n) is 16.2. The number of nitrogens with zero attached hydrogens (tertiary/aromatic N) is 2. The largest absolute Gasteiger partial charge is 0.478 e. The number of nitrogen functional groups attached to an aromatic ring is 1. The van der Waals surface area contributed by atoms with Gasteiger partial charge in [0.15, 0.2) is 0 Å². The number of carbonyl (C=O) groups excluding carboxylic acids is 1. The monoisotopic (exact) mass is 706 g/mol. The van der Waals surface area contributed by atoms with E-state index in [1.54, 1.807) is 48.5 Å². The van der Waals surface area contributed by atoms with Crippen molar-refractivity contribution < 1.29 is 28.6 Å². The number of hydrogen-bond acceptors (Lipinski definition) is 10. The fourth-order valence-corrected chi connectivity index (χ4v) is 4.72. The fraction of sp³-hybridized carbons (Fsp3) is 0.0476. The lowest BCUT2D eigenvalue weighted by molar-refractivity contribution is 0.0698. The molecular weight excluding hydrogens is 672 g/mol. The number of benzene rings is 6. The number of rotatable bonds is 8. The van der Waals surface area contributed by atoms with Crippen LogP contribution in [0.1, 0.15) is 21.5 Å². The molecule has 0 fully saturated rings. The highest BCUT2D eigenvalue weighted by atomic mass is 16.5. The van der Waals surface area contributed by atoms with E-state index in [-0.39, 0.29) is 11.6 Å². The summed E-state index contributed by atoms with van der Waals surface area (Å²) in [6.45, 7) is 3.75. The van der Waals surface area contributed by atoms with Gasteiger partial charge >= 0.3 is 17.6 Å². The summed E-state index contributed by atoms with van der Waals surface area (Å²) in [7, 11) is 0. The number of hydrogen-bond donors (Lipinski definition) is 3. The van der Waals surface area contributed by atoms with Crippen LogP contribution in [0.4, 0.5) is 23.1 Å². The summed E-state index contributed by atoms with van der Waals surface area (Å²) >= 11 is 0. The van der Waals surface area contributed by atoms with Gasteiger partial charge in [-0.25, -0.2) is 14.4 Å². The van der Waals surface area contributed by atoms with Crippen molar-refractivity contribution in [2.24, 2.45) is 4.99 Å². The zero-order valence-corrected chi connectivity index (χ0v) is 28.7. The number of aryl methyl sites for hydroxylation is 2. The molecule has 264 valence electrons. The molecule has 0 bridgehead atoms. The number of carboxylic acids is 1. The minimum absolute atomic E-state index is 0.156. The maximum Gasteiger partial charge on any atom is 0.348 e. The van der Waals surface area contributed by atoms with Crippen molar-refractivity contribution in [2.45, 2.75) is 13.8 Å². The van der Waals surface area contributed by atoms with E-state index in [9.17, 15) is 14.4 Å². The fourth-order valence-electron chi connectivity index (χ4n) is 4.72. The average molecular weight is 707 g/mol. The van der Waals surface area contributed by atoms with Gasteiger partial charge in [-0.2, -0.15) is 9.98 Å². The molecule has 0 saturated carbocycles. The van der Waals surface area contributed by atoms with Gasteiger partial charge in [-0.1, -0.05) is 59.7 Å². The summed E-state index contributed by atoms with van der Waals surface area (Å²) < 4.78 is 16.6. The zero-order chi connectivity index (χ0) is 37.6. The van der Waals surface area contributed by atoms with Crippen molar-refractivity contribution in [3.63, 3.8) is 0 Å². The molecule has 1 heterocycles. The van der Waals surface area contributed by atoms with Gasteiger partial charge in [0.05, 0.1) is 22.2 Å². The summed E-state index contributed by atoms with van der Waals surface area (Å²) in [5, 5.41) is 12.1. The highest BCUT2D eigenvalue weighted by Crippen LogP contribution is 2.25. The van der Waals surface area contributed by atoms with Crippen LogP contribution >= 0.6 is 0 Å². The van der Waals surface area contributed by atoms with Crippen LogP contribution in [0.5, 0.6) is 23.0 Å². The highest BCUT2D eigenvalue weighted by Gasteiger charge is 2.08. The molecule has 7 aromatic rings. The van der Waals surface area contributed by atoms with Gasteiger partial charge in [-0.05, 0) is 111 Å². The van der Waals surface area contributed by atoms with Gasteiger partial charge < -0.3 is 30.0 Å². The van der Waals surface area contributed by atoms with Crippen molar-refractivity contribution in [1.82, 2.24) is 4.98 Å². The minimum atomic E-state index is -0.980. The van der Waals surface area contributed by atoms with Crippen LogP contribution in [0, 0.1) is 13.8 Å². The van der Waals surface area contributed by atoms with Crippen LogP contribution in [0.3, 0.4) is 0 Å². The maximum atomic E-state index is 12.1. The predicted octanol–water partition coefficient (Wildman–Crippen LogP) is 9.75. The molecule has 0 unspecified atom stereocenters. The van der Waals surface area contributed by atoms with E-state index in [2.05, 4.69) is 15.3 Å². The molecule has 1 aromatic heterocycles. The Labute approximate surface area is 304 Å². The molecular formula is C42H34N4O7. The number of isocyanates is 1. The number of anilines is 3. The van der Waals surface area contributed by atoms with Gasteiger partial charge in [0.1, 0.15) is 23.0 Å². The number of carbonyl (C=O) groups is 1. The SMILES string of the molecule is Cc1ccc(N)c(C(=O)O)c1.Cc1ccc2nc(Nc3ccc(Oc4ccccc4)cc3)oc(=O)c2c1.O=C=Nc1ccc(Oc2ccccc2)cc1. The molecule has 53 heavy (non-hydrogen) atoms. The Balaban J connectivity index is 0.000000171. The van der Waals surface area contributed by atoms with Crippen molar-refractivity contribution in [3.05, 3.63) is 173 Å². The lowest BCUT2D eigenvalue weighted by Crippen LogP contribution is -2.05. The Hall–Kier alpha value is -7.49. The van der Waals surface area contributed by atoms with Crippen LogP contribution in [-0.4, -0.2) is 22.1 Å². The molecule has 4 N–H and O–H groups in total. The standard InChI is InChI=1S/C21H16N2O3.C13H9NO2.C8H9NO2/c1-14-7-12-19-18(13-14)20(24)26-21(23-19)22-15-8-10-17(11-9-15)25-16-5-3-2-4-6-16;15-10-14-11-6-8-13(9-7-11)16-12-4-2-1-3-5-12;1-5-2-3-7(9)6(4-5)8(10)11/h2-13H,1H3,(H,22,23);1-9H;2-4H,9H2,1H3,(H,10,11). The summed E-state index contributed by atoms with van der Waals surface area (Å²) in [6, 6.07) is 43.8. The topological polar surface area (TPSA) is 166 Å². The van der Waals surface area contributed by atoms with Gasteiger partial charge in [-0.3, -0.25) is 0 Å². The number of nitrogens with one attached hydrogen (secondary N) is 1. The molecule has 0 saturated heterocycles. The Morgan fingerprint density at radius 2 is 1.26 bits per heavy atom. The van der Waals surface area contributed by atoms with Crippen LogP contribution in [0.2, 0.25) is 0 Å². The van der Waals surface area contributed by atoms with Crippen molar-refractivity contribution in [3.8, 4) is 23.0 Å². The number of nitrogens with two attached hydrogens (primary N) is 1. The van der Waals surface area contributed by atoms with E-state index in [0.717, 1.165) is 28.3 Å². The third-order valence-electron chi connectivity index (χ3n) is 7.30. The van der Waals surface area contributed by atoms with Crippen LogP contribution in [-0.2, 0) is 4.79 Å². The molecule has 0 aliphatic heterocycles. The number of aliphatic imine (C=N–C) groups is 1. The number of aromatic carboxylic acids is 1. The lowest BCUT2D eigenvalue weighted by atomic mass is 10.1. The average Bonchev–Trinajstić information content (AvgIpc) is 3.16. The first kappa shape index (κ1) is 36.8. The molecule has 0 aliphatic rings. The zero-order valence-electron chi connectivity index (χ0n) is 28.7. The first-order chi connectivity index (χ1) is 25.7. The maximum absolute atomic E-state index is 12.1. The van der Waals surface area contributed by atoms with E-state index in [0.29, 0.717) is 33.8 Å². The molecule has 6 aromatic carbocycles. The third kappa shape index (κ3) is 11.0. The molecule has 0 amide bonds. The van der Waals surface area contributed by atoms with Crippen molar-refractivity contribution >= 4 is 46.0 Å². The Kier molecular flexibility index (Phi) is 12.5. The predicted molar refractivity (Wildman–Crippen MR) is 205 cm³/mol. The van der Waals surface area contributed by atoms with Crippen LogP contribution < -0.4 is 26.1 Å².